The van der Waals surface area contributed by atoms with Crippen molar-refractivity contribution in [3.05, 3.63) is 12.2 Å². The van der Waals surface area contributed by atoms with Crippen LogP contribution in [-0.2, 0) is 4.79 Å². The average molecular weight is 167 g/mol. The quantitative estimate of drug-likeness (QED) is 0.582. The highest BCUT2D eigenvalue weighted by Gasteiger charge is 2.15. The third-order valence-electron chi connectivity index (χ3n) is 2.38. The van der Waals surface area contributed by atoms with Crippen LogP contribution >= 0.6 is 0 Å². The van der Waals surface area contributed by atoms with Crippen molar-refractivity contribution in [3.8, 4) is 0 Å². The minimum Gasteiger partial charge on any atom is -0.300 e. The summed E-state index contributed by atoms with van der Waals surface area (Å²) in [6, 6.07) is 0.489. The molecule has 1 fully saturated rings. The molecule has 12 heavy (non-hydrogen) atoms. The number of ketones is 1. The van der Waals surface area contributed by atoms with Gasteiger partial charge in [0.1, 0.15) is 0 Å². The fraction of sp³-hybridized carbons (Fsp3) is 0.700. The number of hydrogen-bond donors (Lipinski definition) is 0. The van der Waals surface area contributed by atoms with Crippen LogP contribution in [0, 0.1) is 0 Å². The van der Waals surface area contributed by atoms with Crippen molar-refractivity contribution >= 4 is 5.78 Å². The second-order valence-corrected chi connectivity index (χ2v) is 3.51. The molecule has 1 rings (SSSR count). The van der Waals surface area contributed by atoms with Gasteiger partial charge in [0, 0.05) is 6.04 Å². The van der Waals surface area contributed by atoms with Crippen molar-refractivity contribution in [2.75, 3.05) is 13.6 Å². The average Bonchev–Trinajstić information content (AvgIpc) is 2.03. The summed E-state index contributed by atoms with van der Waals surface area (Å²) in [5, 5.41) is 0. The second-order valence-electron chi connectivity index (χ2n) is 3.51. The molecular weight excluding hydrogens is 150 g/mol. The Balaban J connectivity index is 2.43. The van der Waals surface area contributed by atoms with E-state index in [1.54, 1.807) is 13.0 Å². The van der Waals surface area contributed by atoms with E-state index in [1.165, 1.54) is 19.3 Å². The maximum absolute atomic E-state index is 10.7. The summed E-state index contributed by atoms with van der Waals surface area (Å²) in [6.45, 7) is 2.76. The Morgan fingerprint density at radius 2 is 2.25 bits per heavy atom. The van der Waals surface area contributed by atoms with Crippen LogP contribution in [0.5, 0.6) is 0 Å². The number of rotatable bonds is 2. The molecule has 0 radical (unpaired) electrons. The molecule has 0 N–H and O–H groups in total. The summed E-state index contributed by atoms with van der Waals surface area (Å²) < 4.78 is 0. The van der Waals surface area contributed by atoms with E-state index in [9.17, 15) is 4.79 Å². The highest BCUT2D eigenvalue weighted by molar-refractivity contribution is 5.87. The van der Waals surface area contributed by atoms with Gasteiger partial charge in [0.15, 0.2) is 5.78 Å². The van der Waals surface area contributed by atoms with Crippen molar-refractivity contribution in [2.45, 2.75) is 32.2 Å². The molecule has 2 nitrogen and oxygen atoms in total. The molecule has 0 bridgehead atoms. The van der Waals surface area contributed by atoms with Gasteiger partial charge in [-0.3, -0.25) is 9.69 Å². The first-order valence-corrected chi connectivity index (χ1v) is 4.59. The van der Waals surface area contributed by atoms with Crippen LogP contribution in [0.2, 0.25) is 0 Å². The number of carbonyl (C=O) groups is 1. The van der Waals surface area contributed by atoms with Gasteiger partial charge in [-0.25, -0.2) is 0 Å². The summed E-state index contributed by atoms with van der Waals surface area (Å²) in [7, 11) is 2.12. The predicted octanol–water partition coefficient (Wildman–Crippen LogP) is 1.62. The molecule has 1 aliphatic rings. The second kappa shape index (κ2) is 4.41. The van der Waals surface area contributed by atoms with Crippen LogP contribution in [0.15, 0.2) is 12.2 Å². The Morgan fingerprint density at radius 1 is 1.50 bits per heavy atom. The molecule has 1 atom stereocenters. The fourth-order valence-corrected chi connectivity index (χ4v) is 1.59. The van der Waals surface area contributed by atoms with Gasteiger partial charge in [-0.05, 0) is 39.4 Å². The lowest BCUT2D eigenvalue weighted by atomic mass is 10.0. The lowest BCUT2D eigenvalue weighted by Crippen LogP contribution is -2.34. The first kappa shape index (κ1) is 9.46. The summed E-state index contributed by atoms with van der Waals surface area (Å²) in [5.41, 5.74) is 0. The summed E-state index contributed by atoms with van der Waals surface area (Å²) in [6.07, 6.45) is 7.49. The van der Waals surface area contributed by atoms with Crippen LogP contribution in [0.3, 0.4) is 0 Å². The lowest BCUT2D eigenvalue weighted by Gasteiger charge is -2.29. The minimum absolute atomic E-state index is 0.147. The van der Waals surface area contributed by atoms with E-state index in [2.05, 4.69) is 11.9 Å². The molecule has 68 valence electrons. The van der Waals surface area contributed by atoms with Crippen LogP contribution in [0.4, 0.5) is 0 Å². The third kappa shape index (κ3) is 2.78. The first-order valence-electron chi connectivity index (χ1n) is 4.59. The summed E-state index contributed by atoms with van der Waals surface area (Å²) in [5.74, 6) is 0.147. The summed E-state index contributed by atoms with van der Waals surface area (Å²) in [4.78, 5) is 13.0. The number of carbonyl (C=O) groups excluding carboxylic acids is 1. The van der Waals surface area contributed by atoms with Gasteiger partial charge in [0.25, 0.3) is 0 Å². The predicted molar refractivity (Wildman–Crippen MR) is 50.1 cm³/mol. The van der Waals surface area contributed by atoms with E-state index in [4.69, 9.17) is 0 Å². The maximum atomic E-state index is 10.7. The fourth-order valence-electron chi connectivity index (χ4n) is 1.59. The third-order valence-corrected chi connectivity index (χ3v) is 2.38. The molecule has 1 aliphatic heterocycles. The molecule has 0 aromatic rings. The van der Waals surface area contributed by atoms with Gasteiger partial charge in [0.2, 0.25) is 0 Å². The Hall–Kier alpha value is -0.630. The van der Waals surface area contributed by atoms with Crippen molar-refractivity contribution in [3.63, 3.8) is 0 Å². The van der Waals surface area contributed by atoms with E-state index < -0.39 is 0 Å². The number of piperidine rings is 1. The molecule has 0 saturated carbocycles. The minimum atomic E-state index is 0.147. The first-order chi connectivity index (χ1) is 5.70. The van der Waals surface area contributed by atoms with Crippen molar-refractivity contribution in [1.82, 2.24) is 4.90 Å². The van der Waals surface area contributed by atoms with E-state index >= 15 is 0 Å². The molecule has 0 aromatic heterocycles. The van der Waals surface area contributed by atoms with Gasteiger partial charge in [0.05, 0.1) is 0 Å². The van der Waals surface area contributed by atoms with Crippen LogP contribution in [-0.4, -0.2) is 30.3 Å². The SMILES string of the molecule is CC(=O)/C=C/C1CCCCN1C. The maximum Gasteiger partial charge on any atom is 0.152 e. The number of likely N-dealkylation sites (tertiary alicyclic amines) is 1. The van der Waals surface area contributed by atoms with Crippen LogP contribution < -0.4 is 0 Å². The highest BCUT2D eigenvalue weighted by Crippen LogP contribution is 2.15. The smallest absolute Gasteiger partial charge is 0.152 e. The normalized spacial score (nSPS) is 26.3. The number of nitrogens with zero attached hydrogens (tertiary/aromatic N) is 1. The molecule has 0 aromatic carbocycles. The van der Waals surface area contributed by atoms with Crippen molar-refractivity contribution in [2.24, 2.45) is 0 Å². The van der Waals surface area contributed by atoms with Gasteiger partial charge in [-0.1, -0.05) is 12.5 Å². The van der Waals surface area contributed by atoms with Gasteiger partial charge < -0.3 is 0 Å². The highest BCUT2D eigenvalue weighted by atomic mass is 16.1. The van der Waals surface area contributed by atoms with Gasteiger partial charge in [-0.2, -0.15) is 0 Å². The van der Waals surface area contributed by atoms with Crippen LogP contribution in [0.25, 0.3) is 0 Å². The summed E-state index contributed by atoms with van der Waals surface area (Å²) >= 11 is 0. The zero-order valence-corrected chi connectivity index (χ0v) is 7.92. The Kier molecular flexibility index (Phi) is 3.48. The van der Waals surface area contributed by atoms with Gasteiger partial charge >= 0.3 is 0 Å². The zero-order valence-electron chi connectivity index (χ0n) is 7.92. The van der Waals surface area contributed by atoms with E-state index in [0.717, 1.165) is 6.54 Å². The monoisotopic (exact) mass is 167 g/mol. The van der Waals surface area contributed by atoms with E-state index in [0.29, 0.717) is 6.04 Å². The molecule has 0 aliphatic carbocycles. The molecule has 1 saturated heterocycles. The number of hydrogen-bond acceptors (Lipinski definition) is 2. The van der Waals surface area contributed by atoms with E-state index in [1.807, 2.05) is 6.08 Å². The van der Waals surface area contributed by atoms with Crippen molar-refractivity contribution < 1.29 is 4.79 Å². The number of likely N-dealkylation sites (N-methyl/N-ethyl adjacent to an activating group) is 1. The number of allylic oxidation sites excluding steroid dienone is 1. The molecular formula is C10H17NO. The Bertz CT molecular complexity index is 186. The van der Waals surface area contributed by atoms with Crippen molar-refractivity contribution in [1.29, 1.82) is 0 Å². The lowest BCUT2D eigenvalue weighted by molar-refractivity contribution is -0.112. The van der Waals surface area contributed by atoms with Gasteiger partial charge in [-0.15, -0.1) is 0 Å². The Morgan fingerprint density at radius 3 is 2.83 bits per heavy atom. The molecule has 0 spiro atoms. The molecule has 0 amide bonds. The topological polar surface area (TPSA) is 20.3 Å². The standard InChI is InChI=1S/C10H17NO/c1-9(12)6-7-10-5-3-4-8-11(10)2/h6-7,10H,3-5,8H2,1-2H3/b7-6+. The zero-order chi connectivity index (χ0) is 8.97. The molecule has 1 heterocycles. The largest absolute Gasteiger partial charge is 0.300 e. The van der Waals surface area contributed by atoms with Crippen LogP contribution in [0.1, 0.15) is 26.2 Å². The van der Waals surface area contributed by atoms with E-state index in [-0.39, 0.29) is 5.78 Å². The Labute approximate surface area is 74.2 Å². The molecule has 2 heteroatoms. The molecule has 1 unspecified atom stereocenters.